The van der Waals surface area contributed by atoms with Gasteiger partial charge in [0.2, 0.25) is 0 Å². The molecule has 2 saturated heterocycles. The molecule has 176 valence electrons. The van der Waals surface area contributed by atoms with Crippen LogP contribution in [0.25, 0.3) is 17.2 Å². The number of rotatable bonds is 6. The lowest BCUT2D eigenvalue weighted by atomic mass is 10.0. The molecule has 1 aromatic carbocycles. The third-order valence-corrected chi connectivity index (χ3v) is 7.59. The summed E-state index contributed by atoms with van der Waals surface area (Å²) in [4.78, 5) is 17.9. The van der Waals surface area contributed by atoms with Gasteiger partial charge in [0.05, 0.1) is 23.7 Å². The maximum atomic E-state index is 13.6. The molecule has 2 aromatic rings. The van der Waals surface area contributed by atoms with Crippen LogP contribution in [0, 0.1) is 5.82 Å². The molecule has 0 spiro atoms. The summed E-state index contributed by atoms with van der Waals surface area (Å²) in [6.07, 6.45) is -2.27. The van der Waals surface area contributed by atoms with Crippen molar-refractivity contribution in [2.75, 3.05) is 39.4 Å². The fourth-order valence-electron chi connectivity index (χ4n) is 3.60. The maximum absolute atomic E-state index is 13.6. The van der Waals surface area contributed by atoms with Crippen molar-refractivity contribution in [2.45, 2.75) is 12.6 Å². The molecule has 11 heteroatoms. The van der Waals surface area contributed by atoms with Crippen molar-refractivity contribution in [1.29, 1.82) is 0 Å². The van der Waals surface area contributed by atoms with Crippen molar-refractivity contribution >= 4 is 51.6 Å². The fraction of sp³-hybridized carbons (Fsp3) is 0.364. The minimum absolute atomic E-state index is 0.164. The van der Waals surface area contributed by atoms with E-state index >= 15 is 0 Å². The molecular formula is C22H20F4N2O2S3. The van der Waals surface area contributed by atoms with Gasteiger partial charge in [0.1, 0.15) is 10.1 Å². The van der Waals surface area contributed by atoms with E-state index in [4.69, 9.17) is 17.0 Å². The molecule has 2 aliphatic heterocycles. The quantitative estimate of drug-likeness (QED) is 0.288. The maximum Gasteiger partial charge on any atom is 0.419 e. The zero-order chi connectivity index (χ0) is 23.6. The highest BCUT2D eigenvalue weighted by atomic mass is 32.2. The zero-order valence-electron chi connectivity index (χ0n) is 17.4. The summed E-state index contributed by atoms with van der Waals surface area (Å²) < 4.78 is 58.5. The summed E-state index contributed by atoms with van der Waals surface area (Å²) >= 11 is 7.89. The number of thioether (sulfide) groups is 1. The van der Waals surface area contributed by atoms with E-state index in [0.717, 1.165) is 51.4 Å². The molecule has 0 N–H and O–H groups in total. The number of halogens is 4. The Hall–Kier alpha value is -1.79. The first kappa shape index (κ1) is 24.3. The highest BCUT2D eigenvalue weighted by Crippen LogP contribution is 2.37. The van der Waals surface area contributed by atoms with Gasteiger partial charge < -0.3 is 4.74 Å². The first-order chi connectivity index (χ1) is 15.7. The Balaban J connectivity index is 1.42. The highest BCUT2D eigenvalue weighted by molar-refractivity contribution is 8.26. The third kappa shape index (κ3) is 5.83. The summed E-state index contributed by atoms with van der Waals surface area (Å²) in [6.45, 7) is 4.62. The van der Waals surface area contributed by atoms with Gasteiger partial charge in [-0.05, 0) is 47.2 Å². The zero-order valence-corrected chi connectivity index (χ0v) is 19.8. The molecule has 1 amide bonds. The topological polar surface area (TPSA) is 32.8 Å². The van der Waals surface area contributed by atoms with Crippen LogP contribution in [0.3, 0.4) is 0 Å². The van der Waals surface area contributed by atoms with Crippen LogP contribution >= 0.6 is 35.3 Å². The molecule has 2 aliphatic rings. The lowest BCUT2D eigenvalue weighted by molar-refractivity contribution is -0.140. The van der Waals surface area contributed by atoms with Crippen molar-refractivity contribution in [3.63, 3.8) is 0 Å². The van der Waals surface area contributed by atoms with E-state index in [0.29, 0.717) is 26.2 Å². The number of alkyl halides is 3. The minimum Gasteiger partial charge on any atom is -0.379 e. The van der Waals surface area contributed by atoms with Gasteiger partial charge >= 0.3 is 6.18 Å². The van der Waals surface area contributed by atoms with Gasteiger partial charge in [-0.15, -0.1) is 11.3 Å². The van der Waals surface area contributed by atoms with E-state index in [-0.39, 0.29) is 11.5 Å². The van der Waals surface area contributed by atoms with E-state index in [9.17, 15) is 22.4 Å². The van der Waals surface area contributed by atoms with Gasteiger partial charge in [0.25, 0.3) is 5.91 Å². The number of nitrogens with zero attached hydrogens (tertiary/aromatic N) is 2. The fourth-order valence-corrected chi connectivity index (χ4v) is 5.82. The number of morpholine rings is 1. The molecule has 4 rings (SSSR count). The third-order valence-electron chi connectivity index (χ3n) is 5.33. The average molecular weight is 517 g/mol. The van der Waals surface area contributed by atoms with E-state index in [2.05, 4.69) is 4.90 Å². The monoisotopic (exact) mass is 516 g/mol. The molecule has 0 aliphatic carbocycles. The van der Waals surface area contributed by atoms with E-state index in [1.165, 1.54) is 29.2 Å². The molecule has 1 aromatic heterocycles. The number of thiocarbonyl (C=S) groups is 1. The summed E-state index contributed by atoms with van der Waals surface area (Å²) in [7, 11) is 0. The van der Waals surface area contributed by atoms with Gasteiger partial charge in [-0.25, -0.2) is 4.39 Å². The largest absolute Gasteiger partial charge is 0.419 e. The van der Waals surface area contributed by atoms with Crippen molar-refractivity contribution in [1.82, 2.24) is 9.80 Å². The second-order valence-electron chi connectivity index (χ2n) is 7.57. The van der Waals surface area contributed by atoms with Crippen LogP contribution < -0.4 is 0 Å². The number of hydrogen-bond acceptors (Lipinski definition) is 6. The van der Waals surface area contributed by atoms with Crippen LogP contribution in [0.5, 0.6) is 0 Å². The Morgan fingerprint density at radius 2 is 1.88 bits per heavy atom. The van der Waals surface area contributed by atoms with Crippen LogP contribution in [-0.2, 0) is 15.7 Å². The molecule has 33 heavy (non-hydrogen) atoms. The van der Waals surface area contributed by atoms with Crippen molar-refractivity contribution in [3.05, 3.63) is 50.8 Å². The normalized spacial score (nSPS) is 19.2. The number of carbonyl (C=O) groups is 1. The first-order valence-electron chi connectivity index (χ1n) is 10.2. The molecule has 2 fully saturated rings. The van der Waals surface area contributed by atoms with Crippen LogP contribution in [0.2, 0.25) is 0 Å². The Kier molecular flexibility index (Phi) is 7.54. The van der Waals surface area contributed by atoms with E-state index in [1.54, 1.807) is 22.4 Å². The summed E-state index contributed by atoms with van der Waals surface area (Å²) in [5, 5.41) is 1.68. The molecule has 0 radical (unpaired) electrons. The molecule has 4 nitrogen and oxygen atoms in total. The summed E-state index contributed by atoms with van der Waals surface area (Å²) in [6, 6.07) is 4.61. The Bertz CT molecular complexity index is 1080. The molecule has 3 heterocycles. The summed E-state index contributed by atoms with van der Waals surface area (Å²) in [5.74, 6) is -1.47. The van der Waals surface area contributed by atoms with Gasteiger partial charge in [0.15, 0.2) is 0 Å². The standard InChI is InChI=1S/C22H20F4N2O2S3/c23-18-3-2-14(11-17(18)22(24,25)26)15-10-16(32-13-15)12-19-20(29)28(21(31)33-19)5-1-4-27-6-8-30-9-7-27/h2-3,10-13H,1,4-9H2/b19-12-. The van der Waals surface area contributed by atoms with E-state index in [1.807, 2.05) is 0 Å². The number of hydrogen-bond donors (Lipinski definition) is 0. The van der Waals surface area contributed by atoms with Gasteiger partial charge in [0, 0.05) is 31.1 Å². The lowest BCUT2D eigenvalue weighted by Crippen LogP contribution is -2.38. The number of benzene rings is 1. The predicted octanol–water partition coefficient (Wildman–Crippen LogP) is 5.50. The minimum atomic E-state index is -4.77. The highest BCUT2D eigenvalue weighted by Gasteiger charge is 2.34. The number of ether oxygens (including phenoxy) is 1. The van der Waals surface area contributed by atoms with E-state index < -0.39 is 17.6 Å². The van der Waals surface area contributed by atoms with Crippen molar-refractivity contribution in [2.24, 2.45) is 0 Å². The lowest BCUT2D eigenvalue weighted by Gasteiger charge is -2.27. The number of amides is 1. The molecule has 0 saturated carbocycles. The van der Waals surface area contributed by atoms with Crippen LogP contribution in [0.1, 0.15) is 16.9 Å². The number of thiophene rings is 1. The van der Waals surface area contributed by atoms with Gasteiger partial charge in [-0.1, -0.05) is 30.0 Å². The van der Waals surface area contributed by atoms with Crippen LogP contribution in [0.15, 0.2) is 34.6 Å². The second-order valence-corrected chi connectivity index (χ2v) is 10.2. The van der Waals surface area contributed by atoms with Crippen LogP contribution in [-0.4, -0.2) is 59.4 Å². The first-order valence-corrected chi connectivity index (χ1v) is 12.3. The van der Waals surface area contributed by atoms with Crippen LogP contribution in [0.4, 0.5) is 17.6 Å². The van der Waals surface area contributed by atoms with Crippen molar-refractivity contribution < 1.29 is 27.1 Å². The molecular weight excluding hydrogens is 496 g/mol. The average Bonchev–Trinajstić information content (AvgIpc) is 3.34. The number of carbonyl (C=O) groups excluding carboxylic acids is 1. The predicted molar refractivity (Wildman–Crippen MR) is 126 cm³/mol. The smallest absolute Gasteiger partial charge is 0.379 e. The molecule has 0 unspecified atom stereocenters. The van der Waals surface area contributed by atoms with Gasteiger partial charge in [-0.2, -0.15) is 13.2 Å². The molecule has 0 bridgehead atoms. The Labute approximate surface area is 202 Å². The Morgan fingerprint density at radius 3 is 2.61 bits per heavy atom. The SMILES string of the molecule is O=C1/C(=C/c2cc(-c3ccc(F)c(C(F)(F)F)c3)cs2)SC(=S)N1CCCN1CCOCC1. The second kappa shape index (κ2) is 10.2. The van der Waals surface area contributed by atoms with Crippen molar-refractivity contribution in [3.8, 4) is 11.1 Å². The Morgan fingerprint density at radius 1 is 1.12 bits per heavy atom. The van der Waals surface area contributed by atoms with Gasteiger partial charge in [-0.3, -0.25) is 14.6 Å². The molecule has 0 atom stereocenters. The summed E-state index contributed by atoms with van der Waals surface area (Å²) in [5.41, 5.74) is -0.515.